The first-order valence-electron chi connectivity index (χ1n) is 12.1. The summed E-state index contributed by atoms with van der Waals surface area (Å²) in [7, 11) is 1.26. The molecule has 1 aliphatic heterocycles. The highest BCUT2D eigenvalue weighted by Crippen LogP contribution is 2.25. The molecule has 2 aromatic rings. The number of fused-ring (bicyclic) bond motifs is 1. The molecule has 0 unspecified atom stereocenters. The van der Waals surface area contributed by atoms with E-state index in [0.29, 0.717) is 24.1 Å². The number of methoxy groups -OCH3 is 1. The topological polar surface area (TPSA) is 113 Å². The number of carbonyl (C=O) groups excluding carboxylic acids is 4. The highest BCUT2D eigenvalue weighted by atomic mass is 16.5. The maximum absolute atomic E-state index is 12.3. The number of nitrogens with one attached hydrogen (secondary N) is 1. The molecule has 0 saturated carbocycles. The molecule has 0 saturated heterocycles. The molecule has 0 atom stereocenters. The molecule has 186 valence electrons. The number of ether oxygens (including phenoxy) is 1. The van der Waals surface area contributed by atoms with Crippen molar-refractivity contribution >= 4 is 29.4 Å². The van der Waals surface area contributed by atoms with Gasteiger partial charge >= 0.3 is 5.97 Å². The number of esters is 1. The van der Waals surface area contributed by atoms with Gasteiger partial charge in [0.05, 0.1) is 29.5 Å². The van der Waals surface area contributed by atoms with Crippen molar-refractivity contribution in [3.05, 3.63) is 59.2 Å². The number of anilines is 1. The molecule has 8 nitrogen and oxygen atoms in total. The summed E-state index contributed by atoms with van der Waals surface area (Å²) in [5, 5.41) is 12.6. The number of benzene rings is 2. The molecule has 0 bridgehead atoms. The number of hydrogen-bond donors (Lipinski definition) is 2. The van der Waals surface area contributed by atoms with Gasteiger partial charge in [0.1, 0.15) is 5.75 Å². The minimum absolute atomic E-state index is 0.177. The first-order chi connectivity index (χ1) is 16.9. The van der Waals surface area contributed by atoms with Gasteiger partial charge in [0.25, 0.3) is 11.8 Å². The Kier molecular flexibility index (Phi) is 9.40. The molecule has 1 heterocycles. The van der Waals surface area contributed by atoms with E-state index in [1.54, 1.807) is 24.3 Å². The maximum atomic E-state index is 12.3. The molecule has 0 aromatic heterocycles. The number of hydrogen-bond acceptors (Lipinski definition) is 6. The lowest BCUT2D eigenvalue weighted by atomic mass is 10.1. The molecule has 35 heavy (non-hydrogen) atoms. The Labute approximate surface area is 205 Å². The van der Waals surface area contributed by atoms with Crippen molar-refractivity contribution in [2.45, 2.75) is 57.8 Å². The van der Waals surface area contributed by atoms with E-state index < -0.39 is 5.97 Å². The lowest BCUT2D eigenvalue weighted by Gasteiger charge is -2.13. The van der Waals surface area contributed by atoms with E-state index in [1.165, 1.54) is 30.2 Å². The van der Waals surface area contributed by atoms with Crippen LogP contribution in [0, 0.1) is 0 Å². The van der Waals surface area contributed by atoms with Crippen LogP contribution in [-0.2, 0) is 9.53 Å². The number of phenolic OH excluding ortho intramolecular Hbond substituents is 1. The Morgan fingerprint density at radius 3 is 2.00 bits per heavy atom. The fourth-order valence-electron chi connectivity index (χ4n) is 4.15. The van der Waals surface area contributed by atoms with Crippen molar-refractivity contribution in [3.8, 4) is 5.75 Å². The van der Waals surface area contributed by atoms with Crippen LogP contribution in [0.3, 0.4) is 0 Å². The average Bonchev–Trinajstić information content (AvgIpc) is 3.10. The lowest BCUT2D eigenvalue weighted by Crippen LogP contribution is -2.30. The van der Waals surface area contributed by atoms with Gasteiger partial charge in [0.15, 0.2) is 0 Å². The predicted octanol–water partition coefficient (Wildman–Crippen LogP) is 4.92. The Hall–Kier alpha value is -3.68. The van der Waals surface area contributed by atoms with Gasteiger partial charge in [-0.3, -0.25) is 19.3 Å². The van der Waals surface area contributed by atoms with Crippen LogP contribution in [0.25, 0.3) is 0 Å². The van der Waals surface area contributed by atoms with Gasteiger partial charge in [0, 0.05) is 13.0 Å². The minimum Gasteiger partial charge on any atom is -0.506 e. The molecule has 1 aliphatic rings. The van der Waals surface area contributed by atoms with Crippen molar-refractivity contribution in [3.63, 3.8) is 0 Å². The first kappa shape index (κ1) is 25.9. The van der Waals surface area contributed by atoms with E-state index in [1.807, 2.05) is 0 Å². The highest BCUT2D eigenvalue weighted by molar-refractivity contribution is 6.21. The third kappa shape index (κ3) is 6.91. The molecule has 0 aliphatic carbocycles. The lowest BCUT2D eigenvalue weighted by molar-refractivity contribution is -0.116. The largest absolute Gasteiger partial charge is 0.506 e. The fourth-order valence-corrected chi connectivity index (χ4v) is 4.15. The monoisotopic (exact) mass is 480 g/mol. The molecule has 2 N–H and O–H groups in total. The first-order valence-corrected chi connectivity index (χ1v) is 12.1. The van der Waals surface area contributed by atoms with Gasteiger partial charge in [-0.2, -0.15) is 0 Å². The summed E-state index contributed by atoms with van der Waals surface area (Å²) >= 11 is 0. The molecule has 0 fully saturated rings. The number of nitrogens with zero attached hydrogens (tertiary/aromatic N) is 1. The van der Waals surface area contributed by atoms with Crippen molar-refractivity contribution in [1.82, 2.24) is 4.90 Å². The third-order valence-electron chi connectivity index (χ3n) is 6.11. The summed E-state index contributed by atoms with van der Waals surface area (Å²) in [6.07, 6.45) is 8.06. The molecule has 0 spiro atoms. The predicted molar refractivity (Wildman–Crippen MR) is 131 cm³/mol. The SMILES string of the molecule is COC(=O)c1ccc(NC(=O)CCCCCCCCCCN2C(=O)c3ccccc3C2=O)c(O)c1. The fraction of sp³-hybridized carbons (Fsp3) is 0.407. The molecule has 0 radical (unpaired) electrons. The van der Waals surface area contributed by atoms with Crippen LogP contribution in [0.4, 0.5) is 5.69 Å². The number of imide groups is 1. The Morgan fingerprint density at radius 2 is 1.43 bits per heavy atom. The second-order valence-corrected chi connectivity index (χ2v) is 8.66. The standard InChI is InChI=1S/C27H32N2O6/c1-35-27(34)19-15-16-22(23(30)18-19)28-24(31)14-8-6-4-2-3-5-7-11-17-29-25(32)20-12-9-10-13-21(20)26(29)33/h9-10,12-13,15-16,18,30H,2-8,11,14,17H2,1H3,(H,28,31). The van der Waals surface area contributed by atoms with Gasteiger partial charge in [-0.1, -0.05) is 50.7 Å². The summed E-state index contributed by atoms with van der Waals surface area (Å²) in [6, 6.07) is 11.2. The second-order valence-electron chi connectivity index (χ2n) is 8.66. The molecule has 3 rings (SSSR count). The van der Waals surface area contributed by atoms with Crippen molar-refractivity contribution in [1.29, 1.82) is 0 Å². The van der Waals surface area contributed by atoms with E-state index in [2.05, 4.69) is 10.1 Å². The van der Waals surface area contributed by atoms with Gasteiger partial charge in [0.2, 0.25) is 5.91 Å². The number of phenols is 1. The van der Waals surface area contributed by atoms with Gasteiger partial charge < -0.3 is 15.2 Å². The number of unbranched alkanes of at least 4 members (excludes halogenated alkanes) is 7. The van der Waals surface area contributed by atoms with Crippen molar-refractivity contribution < 1.29 is 29.0 Å². The van der Waals surface area contributed by atoms with Gasteiger partial charge in [-0.15, -0.1) is 0 Å². The van der Waals surface area contributed by atoms with Crippen LogP contribution in [0.5, 0.6) is 5.75 Å². The highest BCUT2D eigenvalue weighted by Gasteiger charge is 2.34. The van der Waals surface area contributed by atoms with E-state index in [9.17, 15) is 24.3 Å². The Bertz CT molecular complexity index is 1050. The second kappa shape index (κ2) is 12.7. The molecule has 3 amide bonds. The van der Waals surface area contributed by atoms with E-state index >= 15 is 0 Å². The van der Waals surface area contributed by atoms with Crippen LogP contribution in [0.2, 0.25) is 0 Å². The van der Waals surface area contributed by atoms with Crippen LogP contribution in [-0.4, -0.2) is 47.4 Å². The number of aromatic hydroxyl groups is 1. The molecular weight excluding hydrogens is 448 g/mol. The van der Waals surface area contributed by atoms with Crippen LogP contribution >= 0.6 is 0 Å². The third-order valence-corrected chi connectivity index (χ3v) is 6.11. The Morgan fingerprint density at radius 1 is 0.857 bits per heavy atom. The summed E-state index contributed by atoms with van der Waals surface area (Å²) < 4.78 is 4.60. The van der Waals surface area contributed by atoms with Crippen molar-refractivity contribution in [2.75, 3.05) is 19.0 Å². The number of rotatable bonds is 13. The Balaban J connectivity index is 1.21. The zero-order valence-corrected chi connectivity index (χ0v) is 20.0. The zero-order chi connectivity index (χ0) is 25.2. The van der Waals surface area contributed by atoms with Crippen molar-refractivity contribution in [2.24, 2.45) is 0 Å². The molecule has 2 aromatic carbocycles. The van der Waals surface area contributed by atoms with E-state index in [4.69, 9.17) is 0 Å². The summed E-state index contributed by atoms with van der Waals surface area (Å²) in [4.78, 5) is 49.6. The minimum atomic E-state index is -0.555. The van der Waals surface area contributed by atoms with Crippen LogP contribution in [0.1, 0.15) is 88.9 Å². The normalized spacial score (nSPS) is 12.5. The summed E-state index contributed by atoms with van der Waals surface area (Å²) in [6.45, 7) is 0.461. The number of carbonyl (C=O) groups is 4. The van der Waals surface area contributed by atoms with Gasteiger partial charge in [-0.25, -0.2) is 4.79 Å². The van der Waals surface area contributed by atoms with Crippen LogP contribution in [0.15, 0.2) is 42.5 Å². The van der Waals surface area contributed by atoms with E-state index in [0.717, 1.165) is 51.4 Å². The van der Waals surface area contributed by atoms with E-state index in [-0.39, 0.29) is 34.7 Å². The molecular formula is C27H32N2O6. The zero-order valence-electron chi connectivity index (χ0n) is 20.0. The smallest absolute Gasteiger partial charge is 0.337 e. The summed E-state index contributed by atoms with van der Waals surface area (Å²) in [5.74, 6) is -1.30. The van der Waals surface area contributed by atoms with Crippen LogP contribution < -0.4 is 5.32 Å². The quantitative estimate of drug-likeness (QED) is 0.182. The summed E-state index contributed by atoms with van der Waals surface area (Å²) in [5.41, 5.74) is 1.48. The molecule has 8 heteroatoms. The number of amides is 3. The average molecular weight is 481 g/mol. The van der Waals surface area contributed by atoms with Gasteiger partial charge in [-0.05, 0) is 43.2 Å². The maximum Gasteiger partial charge on any atom is 0.337 e.